The van der Waals surface area contributed by atoms with E-state index in [4.69, 9.17) is 11.6 Å². The molecule has 0 aliphatic heterocycles. The van der Waals surface area contributed by atoms with Gasteiger partial charge in [-0.1, -0.05) is 48.0 Å². The zero-order valence-electron chi connectivity index (χ0n) is 12.9. The normalized spacial score (nSPS) is 10.2. The lowest BCUT2D eigenvalue weighted by Crippen LogP contribution is -2.23. The van der Waals surface area contributed by atoms with Crippen molar-refractivity contribution < 1.29 is 4.79 Å². The standard InChI is InChI=1S/C19H16ClN3O/c20-18-9-5-4-6-14(18)12-22-19(24)15-10-17(13-21-11-15)23-16-7-2-1-3-8-16/h1-11,13,23H,12H2,(H,22,24). The minimum Gasteiger partial charge on any atom is -0.354 e. The summed E-state index contributed by atoms with van der Waals surface area (Å²) in [7, 11) is 0. The number of carbonyl (C=O) groups excluding carboxylic acids is 1. The van der Waals surface area contributed by atoms with Gasteiger partial charge in [-0.2, -0.15) is 0 Å². The van der Waals surface area contributed by atoms with Crippen molar-refractivity contribution in [1.29, 1.82) is 0 Å². The van der Waals surface area contributed by atoms with Gasteiger partial charge in [0.1, 0.15) is 0 Å². The quantitative estimate of drug-likeness (QED) is 0.725. The molecule has 2 N–H and O–H groups in total. The number of pyridine rings is 1. The third-order valence-electron chi connectivity index (χ3n) is 3.46. The highest BCUT2D eigenvalue weighted by Crippen LogP contribution is 2.17. The van der Waals surface area contributed by atoms with Gasteiger partial charge in [-0.3, -0.25) is 9.78 Å². The molecule has 2 aromatic carbocycles. The van der Waals surface area contributed by atoms with E-state index >= 15 is 0 Å². The van der Waals surface area contributed by atoms with Crippen molar-refractivity contribution in [3.63, 3.8) is 0 Å². The Morgan fingerprint density at radius 2 is 1.71 bits per heavy atom. The molecule has 0 saturated carbocycles. The smallest absolute Gasteiger partial charge is 0.253 e. The number of aromatic nitrogens is 1. The lowest BCUT2D eigenvalue weighted by Gasteiger charge is -2.09. The van der Waals surface area contributed by atoms with Crippen LogP contribution in [-0.4, -0.2) is 10.9 Å². The molecule has 3 rings (SSSR count). The second-order valence-electron chi connectivity index (χ2n) is 5.23. The van der Waals surface area contributed by atoms with Gasteiger partial charge in [0, 0.05) is 23.5 Å². The second kappa shape index (κ2) is 7.62. The molecule has 3 aromatic rings. The van der Waals surface area contributed by atoms with Crippen LogP contribution in [0.15, 0.2) is 73.1 Å². The molecule has 1 heterocycles. The monoisotopic (exact) mass is 337 g/mol. The predicted molar refractivity (Wildman–Crippen MR) is 96.6 cm³/mol. The number of amides is 1. The minimum absolute atomic E-state index is 0.195. The first kappa shape index (κ1) is 16.0. The molecular formula is C19H16ClN3O. The van der Waals surface area contributed by atoms with Crippen molar-refractivity contribution in [3.05, 3.63) is 89.2 Å². The fourth-order valence-electron chi connectivity index (χ4n) is 2.24. The zero-order valence-corrected chi connectivity index (χ0v) is 13.6. The molecule has 0 unspecified atom stereocenters. The van der Waals surface area contributed by atoms with Crippen molar-refractivity contribution in [2.45, 2.75) is 6.54 Å². The summed E-state index contributed by atoms with van der Waals surface area (Å²) >= 11 is 6.10. The number of carbonyl (C=O) groups is 1. The van der Waals surface area contributed by atoms with Crippen LogP contribution in [0.2, 0.25) is 5.02 Å². The molecule has 0 aliphatic rings. The van der Waals surface area contributed by atoms with E-state index in [9.17, 15) is 4.79 Å². The summed E-state index contributed by atoms with van der Waals surface area (Å²) in [4.78, 5) is 16.4. The maximum absolute atomic E-state index is 12.3. The van der Waals surface area contributed by atoms with E-state index in [0.29, 0.717) is 17.1 Å². The van der Waals surface area contributed by atoms with E-state index in [0.717, 1.165) is 16.9 Å². The highest BCUT2D eigenvalue weighted by molar-refractivity contribution is 6.31. The first-order valence-electron chi connectivity index (χ1n) is 7.51. The summed E-state index contributed by atoms with van der Waals surface area (Å²) in [5, 5.41) is 6.71. The van der Waals surface area contributed by atoms with Crippen molar-refractivity contribution >= 4 is 28.9 Å². The van der Waals surface area contributed by atoms with Crippen LogP contribution >= 0.6 is 11.6 Å². The number of nitrogens with zero attached hydrogens (tertiary/aromatic N) is 1. The fraction of sp³-hybridized carbons (Fsp3) is 0.0526. The van der Waals surface area contributed by atoms with Crippen LogP contribution in [0.4, 0.5) is 11.4 Å². The maximum Gasteiger partial charge on any atom is 0.253 e. The lowest BCUT2D eigenvalue weighted by molar-refractivity contribution is 0.0950. The van der Waals surface area contributed by atoms with Gasteiger partial charge in [-0.15, -0.1) is 0 Å². The van der Waals surface area contributed by atoms with Gasteiger partial charge in [-0.25, -0.2) is 0 Å². The number of hydrogen-bond acceptors (Lipinski definition) is 3. The fourth-order valence-corrected chi connectivity index (χ4v) is 2.44. The number of nitrogens with one attached hydrogen (secondary N) is 2. The van der Waals surface area contributed by atoms with E-state index < -0.39 is 0 Å². The third kappa shape index (κ3) is 4.12. The molecule has 0 aliphatic carbocycles. The van der Waals surface area contributed by atoms with Crippen LogP contribution in [0.5, 0.6) is 0 Å². The Bertz CT molecular complexity index is 837. The molecule has 0 fully saturated rings. The van der Waals surface area contributed by atoms with Crippen molar-refractivity contribution in [2.24, 2.45) is 0 Å². The van der Waals surface area contributed by atoms with Gasteiger partial charge in [0.2, 0.25) is 0 Å². The molecule has 1 amide bonds. The second-order valence-corrected chi connectivity index (χ2v) is 5.63. The van der Waals surface area contributed by atoms with Crippen LogP contribution in [0.1, 0.15) is 15.9 Å². The number of hydrogen-bond donors (Lipinski definition) is 2. The zero-order chi connectivity index (χ0) is 16.8. The van der Waals surface area contributed by atoms with Crippen LogP contribution in [0, 0.1) is 0 Å². The molecule has 24 heavy (non-hydrogen) atoms. The molecule has 1 aromatic heterocycles. The van der Waals surface area contributed by atoms with Gasteiger partial charge in [-0.05, 0) is 29.8 Å². The maximum atomic E-state index is 12.3. The molecular weight excluding hydrogens is 322 g/mol. The van der Waals surface area contributed by atoms with Gasteiger partial charge < -0.3 is 10.6 Å². The number of rotatable bonds is 5. The Balaban J connectivity index is 1.67. The summed E-state index contributed by atoms with van der Waals surface area (Å²) in [5.41, 5.74) is 3.06. The summed E-state index contributed by atoms with van der Waals surface area (Å²) in [6, 6.07) is 18.9. The Kier molecular flexibility index (Phi) is 5.08. The SMILES string of the molecule is O=C(NCc1ccccc1Cl)c1cncc(Nc2ccccc2)c1. The van der Waals surface area contributed by atoms with Gasteiger partial charge >= 0.3 is 0 Å². The highest BCUT2D eigenvalue weighted by Gasteiger charge is 2.08. The van der Waals surface area contributed by atoms with Gasteiger partial charge in [0.05, 0.1) is 17.4 Å². The Morgan fingerprint density at radius 1 is 0.958 bits per heavy atom. The number of benzene rings is 2. The summed E-state index contributed by atoms with van der Waals surface area (Å²) in [5.74, 6) is -0.195. The van der Waals surface area contributed by atoms with Crippen LogP contribution in [-0.2, 0) is 6.54 Å². The summed E-state index contributed by atoms with van der Waals surface area (Å²) in [6.07, 6.45) is 3.22. The summed E-state index contributed by atoms with van der Waals surface area (Å²) in [6.45, 7) is 0.370. The predicted octanol–water partition coefficient (Wildman–Crippen LogP) is 4.41. The first-order valence-corrected chi connectivity index (χ1v) is 7.89. The molecule has 0 bridgehead atoms. The van der Waals surface area contributed by atoms with Gasteiger partial charge in [0.25, 0.3) is 5.91 Å². The van der Waals surface area contributed by atoms with E-state index in [1.807, 2.05) is 48.5 Å². The molecule has 5 heteroatoms. The van der Waals surface area contributed by atoms with Crippen LogP contribution in [0.3, 0.4) is 0 Å². The Labute approximate surface area is 145 Å². The van der Waals surface area contributed by atoms with E-state index in [1.165, 1.54) is 6.20 Å². The molecule has 0 saturated heterocycles. The van der Waals surface area contributed by atoms with E-state index in [-0.39, 0.29) is 5.91 Å². The molecule has 0 atom stereocenters. The lowest BCUT2D eigenvalue weighted by atomic mass is 10.2. The van der Waals surface area contributed by atoms with Crippen molar-refractivity contribution in [3.8, 4) is 0 Å². The third-order valence-corrected chi connectivity index (χ3v) is 3.83. The Morgan fingerprint density at radius 3 is 2.50 bits per heavy atom. The molecule has 0 spiro atoms. The topological polar surface area (TPSA) is 54.0 Å². The average molecular weight is 338 g/mol. The first-order chi connectivity index (χ1) is 11.7. The molecule has 4 nitrogen and oxygen atoms in total. The van der Waals surface area contributed by atoms with E-state index in [1.54, 1.807) is 18.3 Å². The number of halogens is 1. The highest BCUT2D eigenvalue weighted by atomic mass is 35.5. The molecule has 0 radical (unpaired) electrons. The van der Waals surface area contributed by atoms with Gasteiger partial charge in [0.15, 0.2) is 0 Å². The van der Waals surface area contributed by atoms with Crippen LogP contribution in [0.25, 0.3) is 0 Å². The average Bonchev–Trinajstić information content (AvgIpc) is 2.62. The van der Waals surface area contributed by atoms with Crippen LogP contribution < -0.4 is 10.6 Å². The number of anilines is 2. The minimum atomic E-state index is -0.195. The summed E-state index contributed by atoms with van der Waals surface area (Å²) < 4.78 is 0. The van der Waals surface area contributed by atoms with E-state index in [2.05, 4.69) is 15.6 Å². The van der Waals surface area contributed by atoms with Crippen molar-refractivity contribution in [2.75, 3.05) is 5.32 Å². The molecule has 120 valence electrons. The largest absolute Gasteiger partial charge is 0.354 e. The Hall–Kier alpha value is -2.85. The number of para-hydroxylation sites is 1. The van der Waals surface area contributed by atoms with Crippen molar-refractivity contribution in [1.82, 2.24) is 10.3 Å².